The molecule has 1 amide bonds. The van der Waals surface area contributed by atoms with Gasteiger partial charge < -0.3 is 10.2 Å². The second-order valence-corrected chi connectivity index (χ2v) is 11.1. The van der Waals surface area contributed by atoms with E-state index in [2.05, 4.69) is 5.32 Å². The molecule has 0 aliphatic carbocycles. The molecule has 5 nitrogen and oxygen atoms in total. The third-order valence-electron chi connectivity index (χ3n) is 8.36. The molecule has 1 saturated heterocycles. The molecule has 4 aromatic rings. The highest BCUT2D eigenvalue weighted by Crippen LogP contribution is 2.58. The third-order valence-corrected chi connectivity index (χ3v) is 8.94. The summed E-state index contributed by atoms with van der Waals surface area (Å²) in [5.41, 5.74) is 2.32. The Kier molecular flexibility index (Phi) is 5.70. The molecule has 1 N–H and O–H groups in total. The van der Waals surface area contributed by atoms with Crippen LogP contribution < -0.4 is 10.2 Å². The van der Waals surface area contributed by atoms with Gasteiger partial charge in [0.25, 0.3) is 0 Å². The maximum atomic E-state index is 14.7. The number of ketones is 2. The zero-order chi connectivity index (χ0) is 27.6. The highest BCUT2D eigenvalue weighted by molar-refractivity contribution is 6.34. The molecule has 0 bridgehead atoms. The number of para-hydroxylation sites is 2. The van der Waals surface area contributed by atoms with Crippen LogP contribution in [0.15, 0.2) is 103 Å². The van der Waals surface area contributed by atoms with Crippen molar-refractivity contribution in [3.63, 3.8) is 0 Å². The predicted octanol–water partition coefficient (Wildman–Crippen LogP) is 6.85. The first kappa shape index (κ1) is 24.8. The lowest BCUT2D eigenvalue weighted by Crippen LogP contribution is -2.51. The normalized spacial score (nSPS) is 23.9. The number of Topliss-reactive ketones (excluding diaryl/α,β-unsaturated/α-hetero) is 2. The van der Waals surface area contributed by atoms with Gasteiger partial charge in [-0.15, -0.1) is 0 Å². The highest BCUT2D eigenvalue weighted by atomic mass is 35.5. The first-order chi connectivity index (χ1) is 19.4. The van der Waals surface area contributed by atoms with Gasteiger partial charge in [-0.2, -0.15) is 0 Å². The lowest BCUT2D eigenvalue weighted by atomic mass is 9.64. The number of carbonyl (C=O) groups is 3. The number of halogens is 2. The predicted molar refractivity (Wildman–Crippen MR) is 157 cm³/mol. The smallest absolute Gasteiger partial charge is 0.238 e. The number of benzene rings is 4. The van der Waals surface area contributed by atoms with Gasteiger partial charge in [0.2, 0.25) is 5.91 Å². The molecule has 1 spiro atoms. The second kappa shape index (κ2) is 9.19. The zero-order valence-electron chi connectivity index (χ0n) is 21.1. The molecule has 0 radical (unpaired) electrons. The van der Waals surface area contributed by atoms with Crippen LogP contribution in [-0.4, -0.2) is 29.6 Å². The van der Waals surface area contributed by atoms with Crippen LogP contribution in [0.3, 0.4) is 0 Å². The lowest BCUT2D eigenvalue weighted by Gasteiger charge is -2.37. The van der Waals surface area contributed by atoms with E-state index in [9.17, 15) is 14.4 Å². The molecule has 7 rings (SSSR count). The van der Waals surface area contributed by atoms with Crippen LogP contribution in [0.2, 0.25) is 10.0 Å². The van der Waals surface area contributed by atoms with Crippen LogP contribution in [0.25, 0.3) is 6.08 Å². The Bertz CT molecular complexity index is 1750. The quantitative estimate of drug-likeness (QED) is 0.275. The Balaban J connectivity index is 1.55. The first-order valence-electron chi connectivity index (χ1n) is 13.0. The maximum Gasteiger partial charge on any atom is 0.238 e. The molecule has 3 aliphatic heterocycles. The second-order valence-electron chi connectivity index (χ2n) is 10.3. The molecule has 3 aliphatic rings. The summed E-state index contributed by atoms with van der Waals surface area (Å²) >= 11 is 12.7. The van der Waals surface area contributed by atoms with Crippen LogP contribution in [-0.2, 0) is 10.2 Å². The summed E-state index contributed by atoms with van der Waals surface area (Å²) in [6, 6.07) is 26.9. The van der Waals surface area contributed by atoms with E-state index in [1.807, 2.05) is 65.6 Å². The number of rotatable bonds is 4. The molecule has 1 fully saturated rings. The fraction of sp³-hybridized carbons (Fsp3) is 0.121. The number of hydrogen-bond acceptors (Lipinski definition) is 4. The topological polar surface area (TPSA) is 66.5 Å². The number of amides is 1. The highest BCUT2D eigenvalue weighted by Gasteiger charge is 2.70. The maximum absolute atomic E-state index is 14.7. The van der Waals surface area contributed by atoms with Crippen LogP contribution >= 0.6 is 23.2 Å². The van der Waals surface area contributed by atoms with E-state index in [4.69, 9.17) is 23.2 Å². The van der Waals surface area contributed by atoms with Crippen molar-refractivity contribution in [3.8, 4) is 0 Å². The standard InChI is InChI=1S/C33H22Cl2N2O3/c34-21-16-13-20(14-17-21)30(38)28-29(31(39)22-8-2-4-10-24(22)35)37-26-12-6-1-7-19(26)15-18-27(37)33(28)23-9-3-5-11-25(23)36-32(33)40/h1-18,27-29H,(H,36,40)/t27-,28+,29-,33-/m0/s1. The number of carbonyl (C=O) groups excluding carboxylic acids is 3. The van der Waals surface area contributed by atoms with Crippen LogP contribution in [0.5, 0.6) is 0 Å². The Morgan fingerprint density at radius 3 is 2.30 bits per heavy atom. The van der Waals surface area contributed by atoms with E-state index in [1.165, 1.54) is 0 Å². The van der Waals surface area contributed by atoms with Gasteiger partial charge in [0.1, 0.15) is 11.5 Å². The van der Waals surface area contributed by atoms with Crippen molar-refractivity contribution in [1.29, 1.82) is 0 Å². The number of hydrogen-bond donors (Lipinski definition) is 1. The van der Waals surface area contributed by atoms with Crippen molar-refractivity contribution < 1.29 is 14.4 Å². The Morgan fingerprint density at radius 2 is 1.50 bits per heavy atom. The third kappa shape index (κ3) is 3.38. The Hall–Kier alpha value is -4.19. The van der Waals surface area contributed by atoms with Crippen molar-refractivity contribution in [2.75, 3.05) is 10.2 Å². The molecule has 7 heteroatoms. The van der Waals surface area contributed by atoms with Gasteiger partial charge in [-0.1, -0.05) is 83.9 Å². The van der Waals surface area contributed by atoms with Gasteiger partial charge in [-0.3, -0.25) is 14.4 Å². The number of fused-ring (bicyclic) bond motifs is 6. The van der Waals surface area contributed by atoms with E-state index in [0.717, 1.165) is 11.3 Å². The van der Waals surface area contributed by atoms with Crippen LogP contribution in [0.1, 0.15) is 31.8 Å². The van der Waals surface area contributed by atoms with Crippen molar-refractivity contribution in [2.24, 2.45) is 5.92 Å². The van der Waals surface area contributed by atoms with Crippen LogP contribution in [0.4, 0.5) is 11.4 Å². The monoisotopic (exact) mass is 564 g/mol. The number of anilines is 2. The number of nitrogens with one attached hydrogen (secondary N) is 1. The fourth-order valence-corrected chi connectivity index (χ4v) is 7.09. The van der Waals surface area contributed by atoms with E-state index >= 15 is 0 Å². The molecule has 0 saturated carbocycles. The van der Waals surface area contributed by atoms with Crippen molar-refractivity contribution in [3.05, 3.63) is 135 Å². The zero-order valence-corrected chi connectivity index (χ0v) is 22.6. The van der Waals surface area contributed by atoms with Gasteiger partial charge in [0.15, 0.2) is 11.6 Å². The van der Waals surface area contributed by atoms with E-state index in [-0.39, 0.29) is 17.5 Å². The summed E-state index contributed by atoms with van der Waals surface area (Å²) in [6.07, 6.45) is 3.92. The molecular weight excluding hydrogens is 543 g/mol. The Morgan fingerprint density at radius 1 is 0.800 bits per heavy atom. The molecule has 0 unspecified atom stereocenters. The fourth-order valence-electron chi connectivity index (χ4n) is 6.73. The van der Waals surface area contributed by atoms with Gasteiger partial charge in [0, 0.05) is 27.5 Å². The van der Waals surface area contributed by atoms with Gasteiger partial charge in [-0.05, 0) is 59.7 Å². The summed E-state index contributed by atoms with van der Waals surface area (Å²) in [6.45, 7) is 0. The largest absolute Gasteiger partial charge is 0.352 e. The minimum atomic E-state index is -1.38. The minimum Gasteiger partial charge on any atom is -0.352 e. The van der Waals surface area contributed by atoms with Crippen molar-refractivity contribution >= 4 is 58.1 Å². The molecular formula is C33H22Cl2N2O3. The summed E-state index contributed by atoms with van der Waals surface area (Å²) in [5.74, 6) is -2.01. The van der Waals surface area contributed by atoms with Crippen LogP contribution in [0, 0.1) is 5.92 Å². The van der Waals surface area contributed by atoms with Gasteiger partial charge in [0.05, 0.1) is 17.0 Å². The molecule has 4 atom stereocenters. The summed E-state index contributed by atoms with van der Waals surface area (Å²) in [4.78, 5) is 45.6. The minimum absolute atomic E-state index is 0.291. The molecule has 4 aromatic carbocycles. The molecule has 196 valence electrons. The summed E-state index contributed by atoms with van der Waals surface area (Å²) in [5, 5.41) is 3.81. The van der Waals surface area contributed by atoms with Gasteiger partial charge >= 0.3 is 0 Å². The number of nitrogens with zero attached hydrogens (tertiary/aromatic N) is 1. The lowest BCUT2D eigenvalue weighted by molar-refractivity contribution is -0.121. The first-order valence-corrected chi connectivity index (χ1v) is 13.7. The SMILES string of the molecule is O=C(c1ccccc1Cl)[C@@H]1[C@H](C(=O)c2ccc(Cl)cc2)[C@@]2(C(=O)Nc3ccccc32)[C@@H]2C=Cc3ccccc3N12. The van der Waals surface area contributed by atoms with E-state index in [1.54, 1.807) is 48.5 Å². The average Bonchev–Trinajstić information content (AvgIpc) is 3.45. The summed E-state index contributed by atoms with van der Waals surface area (Å²) in [7, 11) is 0. The molecule has 0 aromatic heterocycles. The van der Waals surface area contributed by atoms with Crippen molar-refractivity contribution in [2.45, 2.75) is 17.5 Å². The Labute approximate surface area is 241 Å². The molecule has 40 heavy (non-hydrogen) atoms. The van der Waals surface area contributed by atoms with E-state index in [0.29, 0.717) is 32.4 Å². The summed E-state index contributed by atoms with van der Waals surface area (Å²) < 4.78 is 0. The van der Waals surface area contributed by atoms with Gasteiger partial charge in [-0.25, -0.2) is 0 Å². The average molecular weight is 565 g/mol. The molecule has 3 heterocycles. The van der Waals surface area contributed by atoms with Crippen molar-refractivity contribution in [1.82, 2.24) is 0 Å². The van der Waals surface area contributed by atoms with E-state index < -0.39 is 23.4 Å².